The second-order valence-electron chi connectivity index (χ2n) is 3.41. The van der Waals surface area contributed by atoms with Crippen molar-refractivity contribution in [3.63, 3.8) is 0 Å². The lowest BCUT2D eigenvalue weighted by atomic mass is 10.6. The summed E-state index contributed by atoms with van der Waals surface area (Å²) in [7, 11) is 1.53. The van der Waals surface area contributed by atoms with Crippen LogP contribution < -0.4 is 5.73 Å². The van der Waals surface area contributed by atoms with Crippen molar-refractivity contribution in [1.29, 1.82) is 0 Å². The van der Waals surface area contributed by atoms with E-state index in [4.69, 9.17) is 34.5 Å². The van der Waals surface area contributed by atoms with Crippen LogP contribution in [0.4, 0.5) is 0 Å². The highest BCUT2D eigenvalue weighted by atomic mass is 16.6. The molecule has 0 spiro atoms. The summed E-state index contributed by atoms with van der Waals surface area (Å²) < 4.78 is 25.5. The Morgan fingerprint density at radius 1 is 0.833 bits per heavy atom. The number of rotatable bonds is 14. The van der Waals surface area contributed by atoms with Gasteiger partial charge in [0.05, 0.1) is 59.5 Å². The summed E-state index contributed by atoms with van der Waals surface area (Å²) >= 11 is 0. The Morgan fingerprint density at radius 3 is 1.72 bits per heavy atom. The van der Waals surface area contributed by atoms with E-state index in [1.54, 1.807) is 0 Å². The molecule has 0 heterocycles. The number of aliphatic hydroxyl groups excluding tert-OH is 1. The summed E-state index contributed by atoms with van der Waals surface area (Å²) in [5.41, 5.74) is 5.47. The van der Waals surface area contributed by atoms with Crippen LogP contribution in [-0.2, 0) is 23.7 Å². The van der Waals surface area contributed by atoms with E-state index in [0.717, 1.165) is 0 Å². The number of methoxy groups -OCH3 is 1. The summed E-state index contributed by atoms with van der Waals surface area (Å²) in [6.45, 7) is 3.74. The fraction of sp³-hybridized carbons (Fsp3) is 1.00. The van der Waals surface area contributed by atoms with Gasteiger partial charge in [0.25, 0.3) is 0 Å². The standard InChI is InChI=1S/C11H25NO6/c1-14-11(12)10-18-9-8-17-7-6-16-5-4-15-3-2-13/h11,13H,2-10,12H2,1H3. The topological polar surface area (TPSA) is 92.4 Å². The third-order valence-corrected chi connectivity index (χ3v) is 1.94. The van der Waals surface area contributed by atoms with Crippen LogP contribution in [0.25, 0.3) is 0 Å². The second-order valence-corrected chi connectivity index (χ2v) is 3.41. The zero-order valence-corrected chi connectivity index (χ0v) is 11.0. The third-order valence-electron chi connectivity index (χ3n) is 1.94. The predicted octanol–water partition coefficient (Wildman–Crippen LogP) is -1.02. The number of aliphatic hydroxyl groups is 1. The second kappa shape index (κ2) is 14.8. The molecule has 110 valence electrons. The number of hydrogen-bond donors (Lipinski definition) is 2. The fourth-order valence-electron chi connectivity index (χ4n) is 0.992. The first-order valence-corrected chi connectivity index (χ1v) is 6.01. The maximum absolute atomic E-state index is 8.45. The Kier molecular flexibility index (Phi) is 14.5. The van der Waals surface area contributed by atoms with Crippen LogP contribution in [0.15, 0.2) is 0 Å². The monoisotopic (exact) mass is 267 g/mol. The zero-order chi connectivity index (χ0) is 13.5. The van der Waals surface area contributed by atoms with Crippen molar-refractivity contribution in [2.75, 3.05) is 66.6 Å². The minimum absolute atomic E-state index is 0.0375. The molecule has 0 saturated carbocycles. The Bertz CT molecular complexity index is 160. The van der Waals surface area contributed by atoms with E-state index < -0.39 is 0 Å². The average Bonchev–Trinajstić information content (AvgIpc) is 2.39. The van der Waals surface area contributed by atoms with Crippen LogP contribution in [-0.4, -0.2) is 77.9 Å². The van der Waals surface area contributed by atoms with E-state index in [0.29, 0.717) is 52.9 Å². The highest BCUT2D eigenvalue weighted by molar-refractivity contribution is 4.42. The van der Waals surface area contributed by atoms with Crippen molar-refractivity contribution in [3.05, 3.63) is 0 Å². The Labute approximate surface area is 108 Å². The van der Waals surface area contributed by atoms with Crippen LogP contribution in [0.1, 0.15) is 0 Å². The van der Waals surface area contributed by atoms with E-state index in [1.165, 1.54) is 7.11 Å². The minimum Gasteiger partial charge on any atom is -0.394 e. The molecule has 7 nitrogen and oxygen atoms in total. The predicted molar refractivity (Wildman–Crippen MR) is 65.3 cm³/mol. The molecule has 0 aliphatic heterocycles. The fourth-order valence-corrected chi connectivity index (χ4v) is 0.992. The minimum atomic E-state index is -0.382. The van der Waals surface area contributed by atoms with Crippen molar-refractivity contribution in [1.82, 2.24) is 0 Å². The van der Waals surface area contributed by atoms with Gasteiger partial charge in [-0.25, -0.2) is 0 Å². The van der Waals surface area contributed by atoms with Gasteiger partial charge in [0.1, 0.15) is 6.23 Å². The van der Waals surface area contributed by atoms with Gasteiger partial charge in [-0.3, -0.25) is 0 Å². The molecule has 3 N–H and O–H groups in total. The third kappa shape index (κ3) is 13.8. The van der Waals surface area contributed by atoms with Crippen molar-refractivity contribution in [3.8, 4) is 0 Å². The quantitative estimate of drug-likeness (QED) is 0.307. The summed E-state index contributed by atoms with van der Waals surface area (Å²) in [5.74, 6) is 0. The molecule has 0 aliphatic rings. The van der Waals surface area contributed by atoms with Crippen molar-refractivity contribution in [2.45, 2.75) is 6.23 Å². The van der Waals surface area contributed by atoms with E-state index in [1.807, 2.05) is 0 Å². The average molecular weight is 267 g/mol. The zero-order valence-electron chi connectivity index (χ0n) is 11.0. The van der Waals surface area contributed by atoms with Gasteiger partial charge in [-0.15, -0.1) is 0 Å². The SMILES string of the molecule is COC(N)COCCOCCOCCOCCO. The van der Waals surface area contributed by atoms with E-state index in [-0.39, 0.29) is 12.8 Å². The maximum atomic E-state index is 8.45. The highest BCUT2D eigenvalue weighted by Crippen LogP contribution is 1.85. The normalized spacial score (nSPS) is 12.8. The number of hydrogen-bond acceptors (Lipinski definition) is 7. The lowest BCUT2D eigenvalue weighted by Crippen LogP contribution is -2.28. The molecule has 0 aromatic heterocycles. The molecule has 0 aromatic carbocycles. The molecule has 0 saturated heterocycles. The molecule has 7 heteroatoms. The smallest absolute Gasteiger partial charge is 0.128 e. The van der Waals surface area contributed by atoms with Crippen molar-refractivity contribution >= 4 is 0 Å². The molecule has 1 atom stereocenters. The van der Waals surface area contributed by atoms with Gasteiger partial charge in [0.2, 0.25) is 0 Å². The molecule has 0 fully saturated rings. The first-order chi connectivity index (χ1) is 8.81. The molecule has 0 amide bonds. The van der Waals surface area contributed by atoms with Gasteiger partial charge in [-0.05, 0) is 0 Å². The molecular weight excluding hydrogens is 242 g/mol. The van der Waals surface area contributed by atoms with Gasteiger partial charge >= 0.3 is 0 Å². The Balaban J connectivity index is 2.94. The number of nitrogens with two attached hydrogens (primary N) is 1. The van der Waals surface area contributed by atoms with Crippen LogP contribution in [0.5, 0.6) is 0 Å². The van der Waals surface area contributed by atoms with Crippen molar-refractivity contribution < 1.29 is 28.8 Å². The van der Waals surface area contributed by atoms with Crippen LogP contribution >= 0.6 is 0 Å². The first-order valence-electron chi connectivity index (χ1n) is 6.01. The highest BCUT2D eigenvalue weighted by Gasteiger charge is 1.98. The van der Waals surface area contributed by atoms with Crippen molar-refractivity contribution in [2.24, 2.45) is 5.73 Å². The molecule has 18 heavy (non-hydrogen) atoms. The molecular formula is C11H25NO6. The molecule has 0 radical (unpaired) electrons. The van der Waals surface area contributed by atoms with Gasteiger partial charge in [0.15, 0.2) is 0 Å². The first kappa shape index (κ1) is 17.7. The van der Waals surface area contributed by atoms with Crippen LogP contribution in [0, 0.1) is 0 Å². The van der Waals surface area contributed by atoms with Crippen LogP contribution in [0.2, 0.25) is 0 Å². The lowest BCUT2D eigenvalue weighted by Gasteiger charge is -2.10. The van der Waals surface area contributed by atoms with E-state index >= 15 is 0 Å². The summed E-state index contributed by atoms with van der Waals surface area (Å²) in [4.78, 5) is 0. The summed E-state index contributed by atoms with van der Waals surface area (Å²) in [5, 5.41) is 8.45. The molecule has 1 unspecified atom stereocenters. The van der Waals surface area contributed by atoms with Gasteiger partial charge in [-0.1, -0.05) is 0 Å². The van der Waals surface area contributed by atoms with Gasteiger partial charge < -0.3 is 34.5 Å². The Hall–Kier alpha value is -0.280. The van der Waals surface area contributed by atoms with E-state index in [9.17, 15) is 0 Å². The molecule has 0 aliphatic carbocycles. The summed E-state index contributed by atoms with van der Waals surface area (Å²) in [6, 6.07) is 0. The Morgan fingerprint density at radius 2 is 1.28 bits per heavy atom. The lowest BCUT2D eigenvalue weighted by molar-refractivity contribution is -0.0253. The summed E-state index contributed by atoms with van der Waals surface area (Å²) in [6.07, 6.45) is -0.382. The largest absolute Gasteiger partial charge is 0.394 e. The van der Waals surface area contributed by atoms with Gasteiger partial charge in [0, 0.05) is 7.11 Å². The number of ether oxygens (including phenoxy) is 5. The molecule has 0 bridgehead atoms. The van der Waals surface area contributed by atoms with Gasteiger partial charge in [-0.2, -0.15) is 0 Å². The molecule has 0 aromatic rings. The maximum Gasteiger partial charge on any atom is 0.128 e. The molecule has 0 rings (SSSR count). The van der Waals surface area contributed by atoms with E-state index in [2.05, 4.69) is 0 Å². The van der Waals surface area contributed by atoms with Crippen LogP contribution in [0.3, 0.4) is 0 Å².